The second-order valence-corrected chi connectivity index (χ2v) is 4.94. The van der Waals surface area contributed by atoms with Crippen molar-refractivity contribution in [3.63, 3.8) is 0 Å². The van der Waals surface area contributed by atoms with Crippen molar-refractivity contribution in [2.75, 3.05) is 0 Å². The van der Waals surface area contributed by atoms with Gasteiger partial charge in [0, 0.05) is 0 Å². The summed E-state index contributed by atoms with van der Waals surface area (Å²) in [5.74, 6) is -1.01. The Kier molecular flexibility index (Phi) is 2.80. The zero-order valence-corrected chi connectivity index (χ0v) is 9.17. The van der Waals surface area contributed by atoms with Crippen molar-refractivity contribution >= 4 is 17.3 Å². The van der Waals surface area contributed by atoms with E-state index < -0.39 is 11.6 Å². The summed E-state index contributed by atoms with van der Waals surface area (Å²) in [7, 11) is 0. The van der Waals surface area contributed by atoms with Crippen LogP contribution in [0.2, 0.25) is 0 Å². The molecule has 1 aromatic rings. The number of rotatable bonds is 2. The van der Waals surface area contributed by atoms with Gasteiger partial charge in [0.1, 0.15) is 0 Å². The normalized spacial score (nSPS) is 31.4. The van der Waals surface area contributed by atoms with E-state index in [4.69, 9.17) is 5.11 Å². The molecule has 2 N–H and O–H groups in total. The molecule has 15 heavy (non-hydrogen) atoms. The monoisotopic (exact) mass is 226 g/mol. The van der Waals surface area contributed by atoms with Gasteiger partial charge in [0.2, 0.25) is 0 Å². The van der Waals surface area contributed by atoms with Gasteiger partial charge >= 0.3 is 5.97 Å². The van der Waals surface area contributed by atoms with Crippen molar-refractivity contribution in [3.05, 3.63) is 22.4 Å². The molecule has 0 radical (unpaired) electrons. The highest BCUT2D eigenvalue weighted by molar-refractivity contribution is 7.08. The van der Waals surface area contributed by atoms with Crippen LogP contribution in [0.25, 0.3) is 0 Å². The molecule has 0 aliphatic heterocycles. The molecule has 1 fully saturated rings. The maximum Gasteiger partial charge on any atom is 0.306 e. The first-order chi connectivity index (χ1) is 7.12. The summed E-state index contributed by atoms with van der Waals surface area (Å²) in [6.07, 6.45) is 2.25. The summed E-state index contributed by atoms with van der Waals surface area (Å²) in [5, 5.41) is 23.1. The minimum Gasteiger partial charge on any atom is -0.481 e. The minimum absolute atomic E-state index is 0.274. The van der Waals surface area contributed by atoms with Gasteiger partial charge < -0.3 is 10.2 Å². The topological polar surface area (TPSA) is 57.5 Å². The fourth-order valence-electron chi connectivity index (χ4n) is 2.16. The predicted molar refractivity (Wildman–Crippen MR) is 57.8 cm³/mol. The van der Waals surface area contributed by atoms with Crippen LogP contribution >= 0.6 is 11.3 Å². The number of hydrogen-bond donors (Lipinski definition) is 2. The van der Waals surface area contributed by atoms with Gasteiger partial charge in [-0.05, 0) is 48.1 Å². The average molecular weight is 226 g/mol. The van der Waals surface area contributed by atoms with E-state index in [2.05, 4.69) is 0 Å². The van der Waals surface area contributed by atoms with Crippen LogP contribution in [0.5, 0.6) is 0 Å². The van der Waals surface area contributed by atoms with Crippen LogP contribution in [0.3, 0.4) is 0 Å². The van der Waals surface area contributed by atoms with E-state index in [1.807, 2.05) is 16.8 Å². The molecular formula is C11H14O3S. The van der Waals surface area contributed by atoms with Gasteiger partial charge in [0.25, 0.3) is 0 Å². The Morgan fingerprint density at radius 1 is 1.47 bits per heavy atom. The van der Waals surface area contributed by atoms with E-state index in [0.717, 1.165) is 5.56 Å². The van der Waals surface area contributed by atoms with Gasteiger partial charge in [-0.15, -0.1) is 0 Å². The molecule has 0 spiro atoms. The highest BCUT2D eigenvalue weighted by Gasteiger charge is 2.37. The van der Waals surface area contributed by atoms with E-state index in [1.54, 1.807) is 11.3 Å². The molecule has 0 amide bonds. The van der Waals surface area contributed by atoms with Crippen LogP contribution < -0.4 is 0 Å². The molecule has 0 saturated heterocycles. The van der Waals surface area contributed by atoms with Crippen molar-refractivity contribution < 1.29 is 15.0 Å². The molecule has 4 heteroatoms. The molecule has 1 saturated carbocycles. The van der Waals surface area contributed by atoms with E-state index in [9.17, 15) is 9.90 Å². The van der Waals surface area contributed by atoms with Crippen molar-refractivity contribution in [2.45, 2.75) is 31.3 Å². The number of aliphatic hydroxyl groups is 1. The molecule has 82 valence electrons. The summed E-state index contributed by atoms with van der Waals surface area (Å²) in [6.45, 7) is 0. The van der Waals surface area contributed by atoms with E-state index >= 15 is 0 Å². The third-order valence-electron chi connectivity index (χ3n) is 3.22. The molecule has 2 rings (SSSR count). The lowest BCUT2D eigenvalue weighted by Crippen LogP contribution is -2.33. The first-order valence-corrected chi connectivity index (χ1v) is 6.04. The third-order valence-corrected chi connectivity index (χ3v) is 3.90. The van der Waals surface area contributed by atoms with Crippen molar-refractivity contribution in [3.8, 4) is 0 Å². The highest BCUT2D eigenvalue weighted by atomic mass is 32.1. The number of carboxylic acid groups (broad SMARTS) is 1. The Morgan fingerprint density at radius 3 is 2.60 bits per heavy atom. The lowest BCUT2D eigenvalue weighted by atomic mass is 9.76. The maximum atomic E-state index is 10.8. The molecule has 3 nitrogen and oxygen atoms in total. The first-order valence-electron chi connectivity index (χ1n) is 5.10. The molecule has 1 aliphatic rings. The van der Waals surface area contributed by atoms with Crippen LogP contribution in [0.15, 0.2) is 16.8 Å². The number of carboxylic acids is 1. The van der Waals surface area contributed by atoms with E-state index in [1.165, 1.54) is 0 Å². The quantitative estimate of drug-likeness (QED) is 0.812. The SMILES string of the molecule is O=C(O)C1CCC(O)(c2ccsc2)CC1. The van der Waals surface area contributed by atoms with E-state index in [-0.39, 0.29) is 5.92 Å². The minimum atomic E-state index is -0.786. The second-order valence-electron chi connectivity index (χ2n) is 4.16. The smallest absolute Gasteiger partial charge is 0.306 e. The van der Waals surface area contributed by atoms with Crippen LogP contribution in [0.4, 0.5) is 0 Å². The summed E-state index contributed by atoms with van der Waals surface area (Å²) >= 11 is 1.56. The Morgan fingerprint density at radius 2 is 2.13 bits per heavy atom. The van der Waals surface area contributed by atoms with Gasteiger partial charge in [0.05, 0.1) is 11.5 Å². The van der Waals surface area contributed by atoms with Crippen molar-refractivity contribution in [1.82, 2.24) is 0 Å². The standard InChI is InChI=1S/C11H14O3S/c12-10(13)8-1-4-11(14,5-2-8)9-3-6-15-7-9/h3,6-8,14H,1-2,4-5H2,(H,12,13). The molecule has 0 atom stereocenters. The van der Waals surface area contributed by atoms with Gasteiger partial charge in [-0.3, -0.25) is 4.79 Å². The van der Waals surface area contributed by atoms with Gasteiger partial charge in [0.15, 0.2) is 0 Å². The molecular weight excluding hydrogens is 212 g/mol. The number of carbonyl (C=O) groups is 1. The molecule has 0 unspecified atom stereocenters. The third kappa shape index (κ3) is 2.06. The maximum absolute atomic E-state index is 10.8. The zero-order valence-electron chi connectivity index (χ0n) is 8.35. The summed E-state index contributed by atoms with van der Waals surface area (Å²) < 4.78 is 0. The molecule has 0 aromatic carbocycles. The van der Waals surface area contributed by atoms with Crippen LogP contribution in [0.1, 0.15) is 31.2 Å². The van der Waals surface area contributed by atoms with Crippen LogP contribution in [-0.4, -0.2) is 16.2 Å². The zero-order chi connectivity index (χ0) is 10.9. The summed E-state index contributed by atoms with van der Waals surface area (Å²) in [4.78, 5) is 10.8. The van der Waals surface area contributed by atoms with Gasteiger partial charge in [-0.25, -0.2) is 0 Å². The predicted octanol–water partition coefficient (Wildman–Crippen LogP) is 2.21. The first kappa shape index (κ1) is 10.6. The second kappa shape index (κ2) is 3.94. The molecule has 0 bridgehead atoms. The van der Waals surface area contributed by atoms with Gasteiger partial charge in [-0.1, -0.05) is 0 Å². The van der Waals surface area contributed by atoms with Crippen molar-refractivity contribution in [2.24, 2.45) is 5.92 Å². The molecule has 1 aliphatic carbocycles. The Balaban J connectivity index is 2.06. The molecule has 1 aromatic heterocycles. The van der Waals surface area contributed by atoms with E-state index in [0.29, 0.717) is 25.7 Å². The number of thiophene rings is 1. The highest BCUT2D eigenvalue weighted by Crippen LogP contribution is 2.40. The lowest BCUT2D eigenvalue weighted by Gasteiger charge is -2.34. The number of hydrogen-bond acceptors (Lipinski definition) is 3. The lowest BCUT2D eigenvalue weighted by molar-refractivity contribution is -0.145. The van der Waals surface area contributed by atoms with Crippen LogP contribution in [0, 0.1) is 5.92 Å². The average Bonchev–Trinajstić information content (AvgIpc) is 2.71. The van der Waals surface area contributed by atoms with Crippen molar-refractivity contribution in [1.29, 1.82) is 0 Å². The Bertz CT molecular complexity index is 337. The summed E-state index contributed by atoms with van der Waals surface area (Å²) in [6, 6.07) is 1.92. The fraction of sp³-hybridized carbons (Fsp3) is 0.545. The Labute approximate surface area is 92.4 Å². The molecule has 1 heterocycles. The Hall–Kier alpha value is -0.870. The fourth-order valence-corrected chi connectivity index (χ4v) is 2.91. The van der Waals surface area contributed by atoms with Crippen LogP contribution in [-0.2, 0) is 10.4 Å². The number of aliphatic carboxylic acids is 1. The summed E-state index contributed by atoms with van der Waals surface area (Å²) in [5.41, 5.74) is 0.155. The largest absolute Gasteiger partial charge is 0.481 e. The van der Waals surface area contributed by atoms with Gasteiger partial charge in [-0.2, -0.15) is 11.3 Å².